The molecule has 0 aromatic heterocycles. The maximum Gasteiger partial charge on any atom is 0.224 e. The van der Waals surface area contributed by atoms with E-state index < -0.39 is 0 Å². The summed E-state index contributed by atoms with van der Waals surface area (Å²) in [5.41, 5.74) is 2.78. The van der Waals surface area contributed by atoms with E-state index in [0.717, 1.165) is 25.9 Å². The number of amides is 1. The molecule has 2 atom stereocenters. The zero-order valence-corrected chi connectivity index (χ0v) is 10.8. The van der Waals surface area contributed by atoms with Crippen molar-refractivity contribution in [2.75, 3.05) is 13.1 Å². The number of hydrogen-bond donors (Lipinski definition) is 2. The molecule has 96 valence electrons. The minimum absolute atomic E-state index is 0.147. The molecule has 3 rings (SSSR count). The van der Waals surface area contributed by atoms with Crippen molar-refractivity contribution < 1.29 is 4.79 Å². The maximum absolute atomic E-state index is 12.2. The molecule has 2 N–H and O–H groups in total. The number of fused-ring (bicyclic) bond motifs is 1. The number of hydrogen-bond acceptors (Lipinski definition) is 2. The molecule has 1 fully saturated rings. The van der Waals surface area contributed by atoms with Crippen LogP contribution in [0.4, 0.5) is 0 Å². The first kappa shape index (κ1) is 11.7. The first-order valence-electron chi connectivity index (χ1n) is 6.82. The Morgan fingerprint density at radius 2 is 1.89 bits per heavy atom. The summed E-state index contributed by atoms with van der Waals surface area (Å²) in [5.74, 6) is 0.827. The maximum atomic E-state index is 12.2. The average Bonchev–Trinajstić information content (AvgIpc) is 2.94. The molecule has 1 aliphatic carbocycles. The summed E-state index contributed by atoms with van der Waals surface area (Å²) in [6, 6.07) is 8.78. The van der Waals surface area contributed by atoms with E-state index in [1.807, 2.05) is 0 Å². The van der Waals surface area contributed by atoms with Crippen LogP contribution in [0.2, 0.25) is 0 Å². The minimum atomic E-state index is 0.147. The molecular formula is C15H20N2O. The number of benzene rings is 1. The lowest BCUT2D eigenvalue weighted by Gasteiger charge is -2.18. The fraction of sp³-hybridized carbons (Fsp3) is 0.533. The van der Waals surface area contributed by atoms with Gasteiger partial charge in [-0.1, -0.05) is 31.2 Å². The van der Waals surface area contributed by atoms with E-state index in [9.17, 15) is 4.79 Å². The number of nitrogens with one attached hydrogen (secondary N) is 2. The predicted octanol–water partition coefficient (Wildman–Crippen LogP) is 1.13. The van der Waals surface area contributed by atoms with Crippen molar-refractivity contribution in [1.82, 2.24) is 10.6 Å². The Kier molecular flexibility index (Phi) is 3.08. The topological polar surface area (TPSA) is 41.1 Å². The Balaban J connectivity index is 1.61. The fourth-order valence-corrected chi connectivity index (χ4v) is 3.13. The van der Waals surface area contributed by atoms with Crippen LogP contribution >= 0.6 is 0 Å². The largest absolute Gasteiger partial charge is 0.352 e. The van der Waals surface area contributed by atoms with Crippen molar-refractivity contribution in [3.05, 3.63) is 35.4 Å². The van der Waals surface area contributed by atoms with E-state index in [2.05, 4.69) is 41.8 Å². The normalized spacial score (nSPS) is 27.2. The van der Waals surface area contributed by atoms with Gasteiger partial charge in [0.15, 0.2) is 0 Å². The highest BCUT2D eigenvalue weighted by molar-refractivity contribution is 5.80. The third-order valence-electron chi connectivity index (χ3n) is 4.25. The van der Waals surface area contributed by atoms with Crippen molar-refractivity contribution in [2.24, 2.45) is 11.8 Å². The molecule has 0 spiro atoms. The second-order valence-corrected chi connectivity index (χ2v) is 5.62. The second-order valence-electron chi connectivity index (χ2n) is 5.62. The van der Waals surface area contributed by atoms with Gasteiger partial charge in [-0.3, -0.25) is 4.79 Å². The van der Waals surface area contributed by atoms with Gasteiger partial charge in [0.05, 0.1) is 5.92 Å². The number of carbonyl (C=O) groups is 1. The Labute approximate surface area is 108 Å². The van der Waals surface area contributed by atoms with Crippen LogP contribution in [-0.4, -0.2) is 25.0 Å². The zero-order valence-electron chi connectivity index (χ0n) is 10.8. The molecule has 18 heavy (non-hydrogen) atoms. The van der Waals surface area contributed by atoms with Gasteiger partial charge in [0, 0.05) is 12.6 Å². The standard InChI is InChI=1S/C15H20N2O/c1-10-8-16-9-14(10)15(18)17-13-6-11-4-2-3-5-12(11)7-13/h2-5,10,13-14,16H,6-9H2,1H3,(H,17,18). The Morgan fingerprint density at radius 1 is 1.22 bits per heavy atom. The van der Waals surface area contributed by atoms with Gasteiger partial charge in [-0.15, -0.1) is 0 Å². The summed E-state index contributed by atoms with van der Waals surface area (Å²) in [4.78, 5) is 12.2. The van der Waals surface area contributed by atoms with Gasteiger partial charge in [-0.25, -0.2) is 0 Å². The van der Waals surface area contributed by atoms with E-state index in [-0.39, 0.29) is 11.8 Å². The lowest BCUT2D eigenvalue weighted by Crippen LogP contribution is -2.41. The van der Waals surface area contributed by atoms with Crippen LogP contribution in [0.5, 0.6) is 0 Å². The van der Waals surface area contributed by atoms with Crippen molar-refractivity contribution in [1.29, 1.82) is 0 Å². The third kappa shape index (κ3) is 2.15. The van der Waals surface area contributed by atoms with Gasteiger partial charge in [0.2, 0.25) is 5.91 Å². The summed E-state index contributed by atoms with van der Waals surface area (Å²) < 4.78 is 0. The average molecular weight is 244 g/mol. The highest BCUT2D eigenvalue weighted by Gasteiger charge is 2.31. The van der Waals surface area contributed by atoms with Gasteiger partial charge in [0.25, 0.3) is 0 Å². The molecular weight excluding hydrogens is 224 g/mol. The SMILES string of the molecule is CC1CNCC1C(=O)NC1Cc2ccccc2C1. The summed E-state index contributed by atoms with van der Waals surface area (Å²) in [7, 11) is 0. The molecule has 1 amide bonds. The Hall–Kier alpha value is -1.35. The highest BCUT2D eigenvalue weighted by Crippen LogP contribution is 2.23. The molecule has 1 aliphatic heterocycles. The van der Waals surface area contributed by atoms with Crippen LogP contribution in [0.15, 0.2) is 24.3 Å². The van der Waals surface area contributed by atoms with E-state index in [0.29, 0.717) is 12.0 Å². The minimum Gasteiger partial charge on any atom is -0.352 e. The zero-order chi connectivity index (χ0) is 12.5. The van der Waals surface area contributed by atoms with E-state index in [1.54, 1.807) is 0 Å². The molecule has 3 nitrogen and oxygen atoms in total. The third-order valence-corrected chi connectivity index (χ3v) is 4.25. The molecule has 1 heterocycles. The van der Waals surface area contributed by atoms with Crippen LogP contribution in [0.3, 0.4) is 0 Å². The van der Waals surface area contributed by atoms with Crippen molar-refractivity contribution in [3.63, 3.8) is 0 Å². The van der Waals surface area contributed by atoms with Crippen LogP contribution in [0, 0.1) is 11.8 Å². The van der Waals surface area contributed by atoms with Gasteiger partial charge < -0.3 is 10.6 Å². The predicted molar refractivity (Wildman–Crippen MR) is 71.3 cm³/mol. The van der Waals surface area contributed by atoms with E-state index in [1.165, 1.54) is 11.1 Å². The molecule has 0 saturated carbocycles. The Morgan fingerprint density at radius 3 is 2.44 bits per heavy atom. The quantitative estimate of drug-likeness (QED) is 0.818. The van der Waals surface area contributed by atoms with Gasteiger partial charge in [-0.05, 0) is 36.4 Å². The van der Waals surface area contributed by atoms with Crippen molar-refractivity contribution in [3.8, 4) is 0 Å². The van der Waals surface area contributed by atoms with Gasteiger partial charge in [0.1, 0.15) is 0 Å². The summed E-state index contributed by atoms with van der Waals surface area (Å²) >= 11 is 0. The van der Waals surface area contributed by atoms with Crippen molar-refractivity contribution >= 4 is 5.91 Å². The lowest BCUT2D eigenvalue weighted by atomic mass is 9.97. The molecule has 1 aromatic rings. The second kappa shape index (κ2) is 4.73. The lowest BCUT2D eigenvalue weighted by molar-refractivity contribution is -0.126. The van der Waals surface area contributed by atoms with Crippen LogP contribution in [-0.2, 0) is 17.6 Å². The Bertz CT molecular complexity index is 433. The fourth-order valence-electron chi connectivity index (χ4n) is 3.13. The molecule has 2 aliphatic rings. The first-order valence-corrected chi connectivity index (χ1v) is 6.82. The molecule has 1 aromatic carbocycles. The van der Waals surface area contributed by atoms with Gasteiger partial charge >= 0.3 is 0 Å². The van der Waals surface area contributed by atoms with Crippen molar-refractivity contribution in [2.45, 2.75) is 25.8 Å². The monoisotopic (exact) mass is 244 g/mol. The van der Waals surface area contributed by atoms with Crippen LogP contribution in [0.25, 0.3) is 0 Å². The van der Waals surface area contributed by atoms with Crippen LogP contribution < -0.4 is 10.6 Å². The summed E-state index contributed by atoms with van der Waals surface area (Å²) in [5, 5.41) is 6.50. The summed E-state index contributed by atoms with van der Waals surface area (Å²) in [6.07, 6.45) is 1.97. The first-order chi connectivity index (χ1) is 8.74. The van der Waals surface area contributed by atoms with Crippen LogP contribution in [0.1, 0.15) is 18.1 Å². The molecule has 1 saturated heterocycles. The van der Waals surface area contributed by atoms with E-state index >= 15 is 0 Å². The molecule has 0 radical (unpaired) electrons. The molecule has 3 heteroatoms. The smallest absolute Gasteiger partial charge is 0.224 e. The molecule has 2 unspecified atom stereocenters. The molecule has 0 bridgehead atoms. The van der Waals surface area contributed by atoms with Gasteiger partial charge in [-0.2, -0.15) is 0 Å². The number of carbonyl (C=O) groups excluding carboxylic acids is 1. The van der Waals surface area contributed by atoms with E-state index in [4.69, 9.17) is 0 Å². The number of rotatable bonds is 2. The summed E-state index contributed by atoms with van der Waals surface area (Å²) in [6.45, 7) is 3.93. The highest BCUT2D eigenvalue weighted by atomic mass is 16.2.